The third kappa shape index (κ3) is 5.60. The predicted octanol–water partition coefficient (Wildman–Crippen LogP) is 4.28. The number of hydrogen-bond acceptors (Lipinski definition) is 3. The molecule has 1 aromatic rings. The molecule has 0 bridgehead atoms. The molecular formula is C22H28N2O2S. The molecule has 1 heterocycles. The van der Waals surface area contributed by atoms with Gasteiger partial charge in [0, 0.05) is 13.5 Å². The Labute approximate surface area is 167 Å². The number of hydrogen-bond donors (Lipinski definition) is 2. The highest BCUT2D eigenvalue weighted by Gasteiger charge is 2.32. The second-order valence-electron chi connectivity index (χ2n) is 6.55. The van der Waals surface area contributed by atoms with Crippen LogP contribution in [0.3, 0.4) is 0 Å². The zero-order valence-corrected chi connectivity index (χ0v) is 17.1. The van der Waals surface area contributed by atoms with Crippen molar-refractivity contribution in [2.45, 2.75) is 45.0 Å². The quantitative estimate of drug-likeness (QED) is 0.437. The van der Waals surface area contributed by atoms with E-state index in [1.54, 1.807) is 4.90 Å². The van der Waals surface area contributed by atoms with Crippen molar-refractivity contribution >= 4 is 30.0 Å². The largest absolute Gasteiger partial charge is 0.339 e. The van der Waals surface area contributed by atoms with Crippen LogP contribution in [-0.2, 0) is 9.59 Å². The molecule has 0 aromatic heterocycles. The third-order valence-electron chi connectivity index (χ3n) is 4.61. The van der Waals surface area contributed by atoms with Crippen molar-refractivity contribution in [2.24, 2.45) is 0 Å². The number of carbonyl (C=O) groups excluding carboxylic acids is 2. The highest BCUT2D eigenvalue weighted by Crippen LogP contribution is 2.24. The van der Waals surface area contributed by atoms with Crippen molar-refractivity contribution in [1.82, 2.24) is 10.2 Å². The average Bonchev–Trinajstić information content (AvgIpc) is 3.15. The Morgan fingerprint density at radius 2 is 1.93 bits per heavy atom. The van der Waals surface area contributed by atoms with Crippen molar-refractivity contribution in [3.05, 3.63) is 65.8 Å². The molecule has 2 atom stereocenters. The van der Waals surface area contributed by atoms with Gasteiger partial charge < -0.3 is 10.2 Å². The van der Waals surface area contributed by atoms with Gasteiger partial charge in [-0.3, -0.25) is 9.59 Å². The fourth-order valence-electron chi connectivity index (χ4n) is 3.22. The summed E-state index contributed by atoms with van der Waals surface area (Å²) in [6.07, 6.45) is 11.7. The number of nitrogens with zero attached hydrogens (tertiary/aromatic N) is 1. The van der Waals surface area contributed by atoms with Gasteiger partial charge in [0.25, 0.3) is 0 Å². The van der Waals surface area contributed by atoms with E-state index < -0.39 is 5.37 Å². The van der Waals surface area contributed by atoms with E-state index in [2.05, 4.69) is 30.1 Å². The van der Waals surface area contributed by atoms with Gasteiger partial charge in [-0.25, -0.2) is 0 Å². The molecule has 1 saturated heterocycles. The smallest absolute Gasteiger partial charge is 0.243 e. The summed E-state index contributed by atoms with van der Waals surface area (Å²) < 4.78 is 0. The molecule has 2 amide bonds. The molecule has 2 unspecified atom stereocenters. The first-order chi connectivity index (χ1) is 13.0. The van der Waals surface area contributed by atoms with Gasteiger partial charge in [-0.1, -0.05) is 54.6 Å². The van der Waals surface area contributed by atoms with Crippen LogP contribution in [0.5, 0.6) is 0 Å². The summed E-state index contributed by atoms with van der Waals surface area (Å²) in [5, 5.41) is 2.51. The lowest BCUT2D eigenvalue weighted by Gasteiger charge is -2.24. The van der Waals surface area contributed by atoms with Crippen LogP contribution >= 0.6 is 12.6 Å². The first kappa shape index (κ1) is 21.0. The maximum absolute atomic E-state index is 12.5. The van der Waals surface area contributed by atoms with Gasteiger partial charge in [0.2, 0.25) is 11.8 Å². The molecule has 0 saturated carbocycles. The predicted molar refractivity (Wildman–Crippen MR) is 114 cm³/mol. The molecule has 1 N–H and O–H groups in total. The molecule has 5 heteroatoms. The zero-order valence-electron chi connectivity index (χ0n) is 16.2. The van der Waals surface area contributed by atoms with Gasteiger partial charge in [-0.05, 0) is 43.4 Å². The molecule has 2 rings (SSSR count). The number of nitrogens with one attached hydrogen (secondary N) is 1. The van der Waals surface area contributed by atoms with Gasteiger partial charge in [0.1, 0.15) is 6.04 Å². The monoisotopic (exact) mass is 384 g/mol. The van der Waals surface area contributed by atoms with Crippen LogP contribution in [0, 0.1) is 0 Å². The highest BCUT2D eigenvalue weighted by molar-refractivity contribution is 7.80. The molecular weight excluding hydrogens is 356 g/mol. The number of likely N-dealkylation sites (tertiary alicyclic amines) is 1. The molecule has 0 spiro atoms. The lowest BCUT2D eigenvalue weighted by molar-refractivity contribution is -0.136. The first-order valence-electron chi connectivity index (χ1n) is 9.29. The number of carbonyl (C=O) groups is 2. The Kier molecular flexibility index (Phi) is 7.92. The number of amides is 2. The van der Waals surface area contributed by atoms with E-state index >= 15 is 0 Å². The summed E-state index contributed by atoms with van der Waals surface area (Å²) in [7, 11) is 0. The molecule has 0 aliphatic carbocycles. The summed E-state index contributed by atoms with van der Waals surface area (Å²) in [4.78, 5) is 25.8. The maximum Gasteiger partial charge on any atom is 0.243 e. The summed E-state index contributed by atoms with van der Waals surface area (Å²) >= 11 is 4.54. The van der Waals surface area contributed by atoms with Crippen molar-refractivity contribution in [3.63, 3.8) is 0 Å². The zero-order chi connectivity index (χ0) is 19.8. The van der Waals surface area contributed by atoms with Crippen molar-refractivity contribution in [3.8, 4) is 0 Å². The van der Waals surface area contributed by atoms with E-state index in [4.69, 9.17) is 0 Å². The van der Waals surface area contributed by atoms with E-state index in [1.807, 2.05) is 56.3 Å². The molecule has 1 aromatic carbocycles. The summed E-state index contributed by atoms with van der Waals surface area (Å²) in [6, 6.07) is 7.60. The molecule has 144 valence electrons. The number of allylic oxidation sites excluding steroid dienone is 6. The first-order valence-corrected chi connectivity index (χ1v) is 9.81. The lowest BCUT2D eigenvalue weighted by Crippen LogP contribution is -2.45. The minimum atomic E-state index is -0.411. The van der Waals surface area contributed by atoms with Crippen LogP contribution in [-0.4, -0.2) is 29.3 Å². The third-order valence-corrected chi connectivity index (χ3v) is 5.04. The van der Waals surface area contributed by atoms with Gasteiger partial charge in [0.05, 0.1) is 5.37 Å². The SMILES string of the molecule is C\C=C/C=C(\C=C/C)c1ccc(C(S)NC(=O)C2CCCN2C(C)=O)cc1. The van der Waals surface area contributed by atoms with Crippen molar-refractivity contribution < 1.29 is 9.59 Å². The minimum Gasteiger partial charge on any atom is -0.339 e. The fourth-order valence-corrected chi connectivity index (χ4v) is 3.52. The lowest BCUT2D eigenvalue weighted by atomic mass is 10.0. The van der Waals surface area contributed by atoms with Crippen LogP contribution < -0.4 is 5.32 Å². The molecule has 1 aliphatic rings. The normalized spacial score (nSPS) is 19.0. The van der Waals surface area contributed by atoms with Gasteiger partial charge in [0.15, 0.2) is 0 Å². The minimum absolute atomic E-state index is 0.0582. The summed E-state index contributed by atoms with van der Waals surface area (Å²) in [6.45, 7) is 6.13. The van der Waals surface area contributed by atoms with Crippen LogP contribution in [0.15, 0.2) is 54.6 Å². The fraction of sp³-hybridized carbons (Fsp3) is 0.364. The summed E-state index contributed by atoms with van der Waals surface area (Å²) in [5.74, 6) is -0.202. The second-order valence-corrected chi connectivity index (χ2v) is 7.07. The summed E-state index contributed by atoms with van der Waals surface area (Å²) in [5.41, 5.74) is 3.12. The molecule has 0 radical (unpaired) electrons. The average molecular weight is 385 g/mol. The highest BCUT2D eigenvalue weighted by atomic mass is 32.1. The molecule has 1 aliphatic heterocycles. The Morgan fingerprint density at radius 3 is 2.52 bits per heavy atom. The molecule has 27 heavy (non-hydrogen) atoms. The van der Waals surface area contributed by atoms with E-state index in [1.165, 1.54) is 6.92 Å². The van der Waals surface area contributed by atoms with Gasteiger partial charge in [-0.2, -0.15) is 0 Å². The number of benzene rings is 1. The molecule has 4 nitrogen and oxygen atoms in total. The second kappa shape index (κ2) is 10.2. The van der Waals surface area contributed by atoms with E-state index in [9.17, 15) is 9.59 Å². The maximum atomic E-state index is 12.5. The Hall–Kier alpha value is -2.27. The van der Waals surface area contributed by atoms with E-state index in [-0.39, 0.29) is 17.9 Å². The molecule has 1 fully saturated rings. The number of rotatable bonds is 6. The Morgan fingerprint density at radius 1 is 1.22 bits per heavy atom. The van der Waals surface area contributed by atoms with E-state index in [0.717, 1.165) is 23.1 Å². The van der Waals surface area contributed by atoms with Gasteiger partial charge >= 0.3 is 0 Å². The van der Waals surface area contributed by atoms with Crippen LogP contribution in [0.25, 0.3) is 5.57 Å². The van der Waals surface area contributed by atoms with Gasteiger partial charge in [-0.15, -0.1) is 12.6 Å². The standard InChI is InChI=1S/C22H28N2O2S/c1-4-6-9-17(8-5-2)18-11-13-19(14-12-18)22(27)23-21(26)20-10-7-15-24(20)16(3)25/h4-6,8-9,11-14,20,22,27H,7,10,15H2,1-3H3,(H,23,26)/b6-4-,8-5-,17-9+. The number of thiol groups is 1. The Balaban J connectivity index is 2.08. The van der Waals surface area contributed by atoms with Crippen molar-refractivity contribution in [2.75, 3.05) is 6.54 Å². The van der Waals surface area contributed by atoms with Crippen LogP contribution in [0.2, 0.25) is 0 Å². The van der Waals surface area contributed by atoms with E-state index in [0.29, 0.717) is 13.0 Å². The van der Waals surface area contributed by atoms with Crippen LogP contribution in [0.1, 0.15) is 50.1 Å². The topological polar surface area (TPSA) is 49.4 Å². The van der Waals surface area contributed by atoms with Crippen molar-refractivity contribution in [1.29, 1.82) is 0 Å². The Bertz CT molecular complexity index is 750. The van der Waals surface area contributed by atoms with Crippen LogP contribution in [0.4, 0.5) is 0 Å².